The van der Waals surface area contributed by atoms with Gasteiger partial charge in [-0.1, -0.05) is 12.1 Å². The van der Waals surface area contributed by atoms with Gasteiger partial charge in [0.2, 0.25) is 0 Å². The summed E-state index contributed by atoms with van der Waals surface area (Å²) in [5.74, 6) is 0.233. The average molecular weight is 251 g/mol. The summed E-state index contributed by atoms with van der Waals surface area (Å²) >= 11 is 0. The Balaban J connectivity index is 2.47. The van der Waals surface area contributed by atoms with Gasteiger partial charge in [-0.05, 0) is 51.8 Å². The third-order valence-electron chi connectivity index (χ3n) is 2.22. The standard InChI is InChI=1S/C14H21NO3/c1-10(15-13(17)18-14(2,3)4)8-11-6-5-7-12(16)9-11/h5-7,9-10,16H,8H2,1-4H3,(H,15,17). The van der Waals surface area contributed by atoms with Crippen LogP contribution in [0.3, 0.4) is 0 Å². The number of phenols is 1. The molecule has 100 valence electrons. The summed E-state index contributed by atoms with van der Waals surface area (Å²) in [6.45, 7) is 7.37. The van der Waals surface area contributed by atoms with Gasteiger partial charge in [0.1, 0.15) is 11.4 Å². The summed E-state index contributed by atoms with van der Waals surface area (Å²) < 4.78 is 5.17. The maximum absolute atomic E-state index is 11.5. The van der Waals surface area contributed by atoms with Gasteiger partial charge in [-0.3, -0.25) is 0 Å². The minimum absolute atomic E-state index is 0.0540. The number of hydrogen-bond donors (Lipinski definition) is 2. The molecule has 1 atom stereocenters. The second-order valence-electron chi connectivity index (χ2n) is 5.42. The predicted octanol–water partition coefficient (Wildman–Crippen LogP) is 2.85. The van der Waals surface area contributed by atoms with Crippen molar-refractivity contribution in [3.05, 3.63) is 29.8 Å². The summed E-state index contributed by atoms with van der Waals surface area (Å²) in [7, 11) is 0. The summed E-state index contributed by atoms with van der Waals surface area (Å²) in [5, 5.41) is 12.1. The molecule has 0 spiro atoms. The number of hydrogen-bond acceptors (Lipinski definition) is 3. The van der Waals surface area contributed by atoms with Gasteiger partial charge < -0.3 is 15.2 Å². The number of ether oxygens (including phenoxy) is 1. The summed E-state index contributed by atoms with van der Waals surface area (Å²) in [6.07, 6.45) is 0.225. The molecule has 1 aromatic carbocycles. The lowest BCUT2D eigenvalue weighted by Crippen LogP contribution is -2.38. The molecule has 4 heteroatoms. The van der Waals surface area contributed by atoms with Crippen LogP contribution < -0.4 is 5.32 Å². The van der Waals surface area contributed by atoms with Crippen LogP contribution in [0.5, 0.6) is 5.75 Å². The molecule has 0 saturated heterocycles. The van der Waals surface area contributed by atoms with E-state index in [1.54, 1.807) is 18.2 Å². The molecule has 1 rings (SSSR count). The van der Waals surface area contributed by atoms with E-state index in [1.807, 2.05) is 33.8 Å². The first-order chi connectivity index (χ1) is 8.26. The highest BCUT2D eigenvalue weighted by Gasteiger charge is 2.17. The largest absolute Gasteiger partial charge is 0.508 e. The molecular formula is C14H21NO3. The van der Waals surface area contributed by atoms with Crippen molar-refractivity contribution >= 4 is 6.09 Å². The van der Waals surface area contributed by atoms with E-state index in [0.717, 1.165) is 5.56 Å². The van der Waals surface area contributed by atoms with Gasteiger partial charge in [0.15, 0.2) is 0 Å². The van der Waals surface area contributed by atoms with E-state index in [-0.39, 0.29) is 11.8 Å². The summed E-state index contributed by atoms with van der Waals surface area (Å²) in [4.78, 5) is 11.5. The quantitative estimate of drug-likeness (QED) is 0.868. The van der Waals surface area contributed by atoms with Gasteiger partial charge in [0.25, 0.3) is 0 Å². The fourth-order valence-corrected chi connectivity index (χ4v) is 1.60. The normalized spacial score (nSPS) is 12.9. The molecule has 1 amide bonds. The Kier molecular flexibility index (Phi) is 4.59. The van der Waals surface area contributed by atoms with Crippen LogP contribution in [0.15, 0.2) is 24.3 Å². The maximum atomic E-state index is 11.5. The molecule has 0 fully saturated rings. The Morgan fingerprint density at radius 1 is 1.44 bits per heavy atom. The SMILES string of the molecule is CC(Cc1cccc(O)c1)NC(=O)OC(C)(C)C. The molecular weight excluding hydrogens is 230 g/mol. The number of aromatic hydroxyl groups is 1. The molecule has 0 aliphatic carbocycles. The van der Waals surface area contributed by atoms with Crippen LogP contribution in [0, 0.1) is 0 Å². The zero-order valence-electron chi connectivity index (χ0n) is 11.4. The molecule has 0 aliphatic rings. The van der Waals surface area contributed by atoms with Gasteiger partial charge in [0, 0.05) is 6.04 Å². The molecule has 2 N–H and O–H groups in total. The second kappa shape index (κ2) is 5.76. The third kappa shape index (κ3) is 5.57. The molecule has 18 heavy (non-hydrogen) atoms. The van der Waals surface area contributed by atoms with Crippen molar-refractivity contribution < 1.29 is 14.6 Å². The fraction of sp³-hybridized carbons (Fsp3) is 0.500. The van der Waals surface area contributed by atoms with Gasteiger partial charge in [-0.2, -0.15) is 0 Å². The van der Waals surface area contributed by atoms with E-state index in [4.69, 9.17) is 4.74 Å². The van der Waals surface area contributed by atoms with Crippen molar-refractivity contribution in [2.45, 2.75) is 45.8 Å². The lowest BCUT2D eigenvalue weighted by atomic mass is 10.1. The molecule has 0 saturated carbocycles. The molecule has 0 heterocycles. The van der Waals surface area contributed by atoms with Crippen LogP contribution >= 0.6 is 0 Å². The zero-order valence-corrected chi connectivity index (χ0v) is 11.4. The lowest BCUT2D eigenvalue weighted by Gasteiger charge is -2.22. The summed E-state index contributed by atoms with van der Waals surface area (Å²) in [6, 6.07) is 6.95. The molecule has 0 aliphatic heterocycles. The van der Waals surface area contributed by atoms with E-state index in [2.05, 4.69) is 5.32 Å². The Morgan fingerprint density at radius 2 is 2.11 bits per heavy atom. The second-order valence-corrected chi connectivity index (χ2v) is 5.42. The highest BCUT2D eigenvalue weighted by atomic mass is 16.6. The Morgan fingerprint density at radius 3 is 2.67 bits per heavy atom. The lowest BCUT2D eigenvalue weighted by molar-refractivity contribution is 0.0508. The van der Waals surface area contributed by atoms with Crippen molar-refractivity contribution in [2.24, 2.45) is 0 Å². The van der Waals surface area contributed by atoms with Crippen molar-refractivity contribution in [2.75, 3.05) is 0 Å². The maximum Gasteiger partial charge on any atom is 0.407 e. The summed E-state index contributed by atoms with van der Waals surface area (Å²) in [5.41, 5.74) is 0.480. The Labute approximate surface area is 108 Å². The van der Waals surface area contributed by atoms with E-state index < -0.39 is 11.7 Å². The van der Waals surface area contributed by atoms with Crippen LogP contribution in [-0.2, 0) is 11.2 Å². The van der Waals surface area contributed by atoms with Crippen molar-refractivity contribution in [3.63, 3.8) is 0 Å². The van der Waals surface area contributed by atoms with E-state index >= 15 is 0 Å². The van der Waals surface area contributed by atoms with Crippen molar-refractivity contribution in [1.29, 1.82) is 0 Å². The minimum atomic E-state index is -0.491. The van der Waals surface area contributed by atoms with Crippen LogP contribution in [0.1, 0.15) is 33.3 Å². The number of carbonyl (C=O) groups is 1. The van der Waals surface area contributed by atoms with Gasteiger partial charge in [0.05, 0.1) is 0 Å². The molecule has 0 bridgehead atoms. The minimum Gasteiger partial charge on any atom is -0.508 e. The topological polar surface area (TPSA) is 58.6 Å². The van der Waals surface area contributed by atoms with Gasteiger partial charge in [-0.25, -0.2) is 4.79 Å². The number of rotatable bonds is 3. The first-order valence-electron chi connectivity index (χ1n) is 6.04. The average Bonchev–Trinajstić information content (AvgIpc) is 2.13. The molecule has 0 radical (unpaired) electrons. The number of nitrogens with one attached hydrogen (secondary N) is 1. The van der Waals surface area contributed by atoms with Crippen LogP contribution in [0.25, 0.3) is 0 Å². The third-order valence-corrected chi connectivity index (χ3v) is 2.22. The van der Waals surface area contributed by atoms with Crippen LogP contribution in [0.4, 0.5) is 4.79 Å². The van der Waals surface area contributed by atoms with E-state index in [9.17, 15) is 9.90 Å². The monoisotopic (exact) mass is 251 g/mol. The van der Waals surface area contributed by atoms with Crippen LogP contribution in [0.2, 0.25) is 0 Å². The van der Waals surface area contributed by atoms with Crippen molar-refractivity contribution in [3.8, 4) is 5.75 Å². The Bertz CT molecular complexity index is 410. The molecule has 1 aromatic rings. The number of benzene rings is 1. The smallest absolute Gasteiger partial charge is 0.407 e. The van der Waals surface area contributed by atoms with E-state index in [0.29, 0.717) is 6.42 Å². The predicted molar refractivity (Wildman–Crippen MR) is 70.6 cm³/mol. The van der Waals surface area contributed by atoms with Gasteiger partial charge >= 0.3 is 6.09 Å². The highest BCUT2D eigenvalue weighted by Crippen LogP contribution is 2.13. The first-order valence-corrected chi connectivity index (χ1v) is 6.04. The molecule has 0 aromatic heterocycles. The van der Waals surface area contributed by atoms with Crippen molar-refractivity contribution in [1.82, 2.24) is 5.32 Å². The molecule has 1 unspecified atom stereocenters. The van der Waals surface area contributed by atoms with Gasteiger partial charge in [-0.15, -0.1) is 0 Å². The number of carbonyl (C=O) groups excluding carboxylic acids is 1. The number of amides is 1. The van der Waals surface area contributed by atoms with E-state index in [1.165, 1.54) is 0 Å². The number of alkyl carbamates (subject to hydrolysis) is 1. The zero-order chi connectivity index (χ0) is 13.8. The highest BCUT2D eigenvalue weighted by molar-refractivity contribution is 5.68. The van der Waals surface area contributed by atoms with Crippen LogP contribution in [-0.4, -0.2) is 22.8 Å². The Hall–Kier alpha value is -1.71. The molecule has 4 nitrogen and oxygen atoms in total. The first kappa shape index (κ1) is 14.4. The number of phenolic OH excluding ortho intramolecular Hbond substituents is 1. The fourth-order valence-electron chi connectivity index (χ4n) is 1.60.